The zero-order chi connectivity index (χ0) is 23.5. The van der Waals surface area contributed by atoms with Gasteiger partial charge < -0.3 is 19.4 Å². The first-order valence-corrected chi connectivity index (χ1v) is 11.3. The van der Waals surface area contributed by atoms with Crippen LogP contribution in [0.5, 0.6) is 0 Å². The van der Waals surface area contributed by atoms with E-state index < -0.39 is 12.1 Å². The predicted molar refractivity (Wildman–Crippen MR) is 121 cm³/mol. The Balaban J connectivity index is 1.38. The highest BCUT2D eigenvalue weighted by Gasteiger charge is 2.43. The fourth-order valence-electron chi connectivity index (χ4n) is 3.53. The summed E-state index contributed by atoms with van der Waals surface area (Å²) in [6, 6.07) is 9.33. The molecule has 0 aromatic carbocycles. The molecule has 178 valence electrons. The Bertz CT molecular complexity index is 1150. The molecule has 13 heteroatoms. The minimum Gasteiger partial charge on any atom is -0.378 e. The van der Waals surface area contributed by atoms with E-state index in [9.17, 15) is 13.2 Å². The molecule has 1 saturated heterocycles. The zero-order valence-corrected chi connectivity index (χ0v) is 18.7. The van der Waals surface area contributed by atoms with E-state index >= 15 is 0 Å². The Labute approximate surface area is 197 Å². The lowest BCUT2D eigenvalue weighted by atomic mass is 10.3. The monoisotopic (exact) mass is 491 g/mol. The quantitative estimate of drug-likeness (QED) is 0.516. The van der Waals surface area contributed by atoms with Gasteiger partial charge in [0.25, 0.3) is 0 Å². The fourth-order valence-corrected chi connectivity index (χ4v) is 4.46. The van der Waals surface area contributed by atoms with Gasteiger partial charge in [0.05, 0.1) is 26.0 Å². The van der Waals surface area contributed by atoms with Crippen molar-refractivity contribution in [1.29, 1.82) is 0 Å². The van der Waals surface area contributed by atoms with Gasteiger partial charge in [0.2, 0.25) is 0 Å². The summed E-state index contributed by atoms with van der Waals surface area (Å²) in [4.78, 5) is 26.7. The summed E-state index contributed by atoms with van der Waals surface area (Å²) >= 11 is 1.31. The minimum atomic E-state index is -4.62. The standard InChI is InChI=1S/C21H20F3N7O2S/c22-21(23,24)20-27-14-31(33-20)19-5-4-15(34-19)13-30(18-12-25-6-7-26-18)17-3-1-2-16(28-17)29-8-10-32-11-9-29/h1-7,12H,8-11,13-14H2. The topological polar surface area (TPSA) is 79.2 Å². The lowest BCUT2D eigenvalue weighted by molar-refractivity contribution is -0.0764. The van der Waals surface area contributed by atoms with Crippen LogP contribution in [0.15, 0.2) is 53.9 Å². The SMILES string of the molecule is FC(F)(F)C1=NCN(c2ccc(CN(c3cnccn3)c3cccc(N4CCOCC4)n3)s2)O1. The van der Waals surface area contributed by atoms with Gasteiger partial charge in [0.15, 0.2) is 12.5 Å². The molecule has 0 radical (unpaired) electrons. The predicted octanol–water partition coefficient (Wildman–Crippen LogP) is 3.78. The first-order valence-electron chi connectivity index (χ1n) is 10.5. The Kier molecular flexibility index (Phi) is 6.20. The number of hydroxylamine groups is 1. The summed E-state index contributed by atoms with van der Waals surface area (Å²) in [6.07, 6.45) is 0.215. The van der Waals surface area contributed by atoms with Crippen LogP contribution in [0.4, 0.5) is 35.6 Å². The molecular formula is C21H20F3N7O2S. The summed E-state index contributed by atoms with van der Waals surface area (Å²) in [6.45, 7) is 2.99. The smallest absolute Gasteiger partial charge is 0.378 e. The highest BCUT2D eigenvalue weighted by molar-refractivity contribution is 7.16. The second kappa shape index (κ2) is 9.43. The molecule has 0 aliphatic carbocycles. The molecule has 5 heterocycles. The van der Waals surface area contributed by atoms with Crippen molar-refractivity contribution in [1.82, 2.24) is 15.0 Å². The van der Waals surface area contributed by atoms with Crippen LogP contribution in [0.3, 0.4) is 0 Å². The molecule has 5 rings (SSSR count). The van der Waals surface area contributed by atoms with E-state index in [4.69, 9.17) is 14.6 Å². The Morgan fingerprint density at radius 2 is 1.91 bits per heavy atom. The van der Waals surface area contributed by atoms with E-state index in [0.29, 0.717) is 36.4 Å². The van der Waals surface area contributed by atoms with Crippen LogP contribution in [-0.4, -0.2) is 60.0 Å². The number of hydrogen-bond acceptors (Lipinski definition) is 10. The van der Waals surface area contributed by atoms with Crippen LogP contribution in [0.2, 0.25) is 0 Å². The van der Waals surface area contributed by atoms with Gasteiger partial charge in [-0.3, -0.25) is 4.98 Å². The normalized spacial score (nSPS) is 16.4. The van der Waals surface area contributed by atoms with Gasteiger partial charge in [-0.05, 0) is 24.3 Å². The minimum absolute atomic E-state index is 0.216. The van der Waals surface area contributed by atoms with Crippen LogP contribution in [-0.2, 0) is 16.1 Å². The fraction of sp³-hybridized carbons (Fsp3) is 0.333. The number of nitrogens with zero attached hydrogens (tertiary/aromatic N) is 7. The van der Waals surface area contributed by atoms with Crippen LogP contribution in [0.25, 0.3) is 0 Å². The van der Waals surface area contributed by atoms with Gasteiger partial charge in [-0.25, -0.2) is 15.0 Å². The number of aromatic nitrogens is 3. The van der Waals surface area contributed by atoms with Crippen molar-refractivity contribution in [3.63, 3.8) is 0 Å². The van der Waals surface area contributed by atoms with Crippen molar-refractivity contribution in [2.75, 3.05) is 47.8 Å². The third kappa shape index (κ3) is 4.89. The molecule has 34 heavy (non-hydrogen) atoms. The summed E-state index contributed by atoms with van der Waals surface area (Å²) in [7, 11) is 0. The van der Waals surface area contributed by atoms with E-state index in [1.165, 1.54) is 11.3 Å². The Hall–Kier alpha value is -3.45. The van der Waals surface area contributed by atoms with Crippen molar-refractivity contribution in [2.24, 2.45) is 4.99 Å². The van der Waals surface area contributed by atoms with Crippen LogP contribution < -0.4 is 14.9 Å². The molecule has 1 fully saturated rings. The molecule has 2 aliphatic heterocycles. The molecule has 3 aromatic rings. The molecule has 0 amide bonds. The van der Waals surface area contributed by atoms with Crippen molar-refractivity contribution >= 4 is 39.7 Å². The molecule has 3 aromatic heterocycles. The van der Waals surface area contributed by atoms with Crippen LogP contribution >= 0.6 is 11.3 Å². The number of morpholine rings is 1. The second-order valence-electron chi connectivity index (χ2n) is 7.42. The van der Waals surface area contributed by atoms with Gasteiger partial charge in [-0.1, -0.05) is 6.07 Å². The molecule has 9 nitrogen and oxygen atoms in total. The number of ether oxygens (including phenoxy) is 1. The van der Waals surface area contributed by atoms with Gasteiger partial charge in [-0.2, -0.15) is 18.2 Å². The maximum atomic E-state index is 12.9. The number of pyridine rings is 1. The Morgan fingerprint density at radius 3 is 2.65 bits per heavy atom. The van der Waals surface area contributed by atoms with Gasteiger partial charge in [-0.15, -0.1) is 11.3 Å². The van der Waals surface area contributed by atoms with Crippen molar-refractivity contribution < 1.29 is 22.7 Å². The van der Waals surface area contributed by atoms with Crippen molar-refractivity contribution in [2.45, 2.75) is 12.7 Å². The third-order valence-electron chi connectivity index (χ3n) is 5.15. The van der Waals surface area contributed by atoms with E-state index in [1.54, 1.807) is 24.7 Å². The summed E-state index contributed by atoms with van der Waals surface area (Å²) < 4.78 is 44.0. The van der Waals surface area contributed by atoms with E-state index in [0.717, 1.165) is 28.8 Å². The molecule has 0 spiro atoms. The van der Waals surface area contributed by atoms with Gasteiger partial charge in [0.1, 0.15) is 16.6 Å². The number of hydrogen-bond donors (Lipinski definition) is 0. The second-order valence-corrected chi connectivity index (χ2v) is 8.56. The summed E-state index contributed by atoms with van der Waals surface area (Å²) in [5.74, 6) is 0.875. The largest absolute Gasteiger partial charge is 0.471 e. The van der Waals surface area contributed by atoms with E-state index in [2.05, 4.69) is 19.9 Å². The lowest BCUT2D eigenvalue weighted by Crippen LogP contribution is -2.36. The average Bonchev–Trinajstić information content (AvgIpc) is 3.54. The number of halogens is 3. The molecule has 0 unspecified atom stereocenters. The number of alkyl halides is 3. The zero-order valence-electron chi connectivity index (χ0n) is 17.9. The third-order valence-corrected chi connectivity index (χ3v) is 6.22. The number of thiophene rings is 1. The number of anilines is 4. The van der Waals surface area contributed by atoms with Crippen molar-refractivity contribution in [3.05, 3.63) is 53.8 Å². The first kappa shape index (κ1) is 22.3. The number of aliphatic imine (C=N–C) groups is 1. The lowest BCUT2D eigenvalue weighted by Gasteiger charge is -2.29. The highest BCUT2D eigenvalue weighted by atomic mass is 32.1. The van der Waals surface area contributed by atoms with Crippen LogP contribution in [0.1, 0.15) is 4.88 Å². The molecule has 0 N–H and O–H groups in total. The van der Waals surface area contributed by atoms with Crippen molar-refractivity contribution in [3.8, 4) is 0 Å². The number of rotatable bonds is 6. The molecule has 0 saturated carbocycles. The maximum absolute atomic E-state index is 12.9. The van der Waals surface area contributed by atoms with E-state index in [1.807, 2.05) is 29.2 Å². The highest BCUT2D eigenvalue weighted by Crippen LogP contribution is 2.34. The molecule has 2 aliphatic rings. The van der Waals surface area contributed by atoms with Gasteiger partial charge in [0, 0.05) is 30.4 Å². The molecule has 0 bridgehead atoms. The molecule has 0 atom stereocenters. The maximum Gasteiger partial charge on any atom is 0.471 e. The summed E-state index contributed by atoms with van der Waals surface area (Å²) in [5, 5.41) is 1.65. The first-order chi connectivity index (χ1) is 16.5. The average molecular weight is 491 g/mol. The Morgan fingerprint density at radius 1 is 1.06 bits per heavy atom. The van der Waals surface area contributed by atoms with E-state index in [-0.39, 0.29) is 6.67 Å². The summed E-state index contributed by atoms with van der Waals surface area (Å²) in [5.41, 5.74) is 0. The van der Waals surface area contributed by atoms with Gasteiger partial charge >= 0.3 is 12.1 Å². The van der Waals surface area contributed by atoms with Crippen LogP contribution in [0, 0.1) is 0 Å². The molecular weight excluding hydrogens is 471 g/mol.